The summed E-state index contributed by atoms with van der Waals surface area (Å²) in [5.41, 5.74) is 1.18. The second-order valence-electron chi connectivity index (χ2n) is 1.15. The van der Waals surface area contributed by atoms with Crippen LogP contribution in [0.4, 0.5) is 0 Å². The van der Waals surface area contributed by atoms with Crippen LogP contribution in [-0.4, -0.2) is 0 Å². The molecule has 0 amide bonds. The van der Waals surface area contributed by atoms with E-state index in [0.29, 0.717) is 0 Å². The molecule has 6 heavy (non-hydrogen) atoms. The molecule has 1 rings (SSSR count). The van der Waals surface area contributed by atoms with E-state index < -0.39 is 0 Å². The molecule has 0 radical (unpaired) electrons. The molecule has 1 heterocycles. The summed E-state index contributed by atoms with van der Waals surface area (Å²) in [7, 11) is 0. The summed E-state index contributed by atoms with van der Waals surface area (Å²) in [5.74, 6) is 0. The molecule has 2 N–H and O–H groups in total. The van der Waals surface area contributed by atoms with Gasteiger partial charge in [-0.25, -0.2) is 0 Å². The highest BCUT2D eigenvalue weighted by Crippen LogP contribution is 2.00. The van der Waals surface area contributed by atoms with Gasteiger partial charge in [0, 0.05) is 11.9 Å². The normalized spacial score (nSPS) is 18.5. The number of hydrogen-bond acceptors (Lipinski definition) is 3. The van der Waals surface area contributed by atoms with E-state index >= 15 is 0 Å². The van der Waals surface area contributed by atoms with Gasteiger partial charge < -0.3 is 9.44 Å². The first-order chi connectivity index (χ1) is 2.89. The average Bonchev–Trinajstić information content (AvgIpc) is 1.86. The van der Waals surface area contributed by atoms with Gasteiger partial charge in [-0.15, -0.1) is 0 Å². The van der Waals surface area contributed by atoms with E-state index in [1.54, 1.807) is 0 Å². The van der Waals surface area contributed by atoms with Gasteiger partial charge in [0.05, 0.1) is 12.1 Å². The van der Waals surface area contributed by atoms with Crippen LogP contribution in [0, 0.1) is 0 Å². The van der Waals surface area contributed by atoms with Crippen LogP contribution in [0.25, 0.3) is 0 Å². The van der Waals surface area contributed by atoms with Gasteiger partial charge in [0.2, 0.25) is 0 Å². The van der Waals surface area contributed by atoms with Crippen molar-refractivity contribution in [3.05, 3.63) is 11.9 Å². The molecule has 0 aromatic carbocycles. The summed E-state index contributed by atoms with van der Waals surface area (Å²) < 4.78 is 5.90. The molecule has 0 saturated heterocycles. The quantitative estimate of drug-likeness (QED) is 0.438. The Kier molecular flexibility index (Phi) is 0.919. The molecular formula is C3H6N2S. The molecular weight excluding hydrogens is 96.1 g/mol. The van der Waals surface area contributed by atoms with Gasteiger partial charge >= 0.3 is 0 Å². The fourth-order valence-electron chi connectivity index (χ4n) is 0.257. The molecule has 1 aliphatic rings. The SMILES string of the molecule is CC1=CNSN1. The Hall–Kier alpha value is -0.310. The van der Waals surface area contributed by atoms with Gasteiger partial charge in [0.25, 0.3) is 0 Å². The van der Waals surface area contributed by atoms with Crippen molar-refractivity contribution in [3.8, 4) is 0 Å². The zero-order chi connectivity index (χ0) is 4.41. The molecule has 0 fully saturated rings. The Morgan fingerprint density at radius 3 is 2.83 bits per heavy atom. The van der Waals surface area contributed by atoms with Crippen molar-refractivity contribution in [2.75, 3.05) is 0 Å². The molecule has 1 aliphatic heterocycles. The van der Waals surface area contributed by atoms with Gasteiger partial charge in [0.15, 0.2) is 0 Å². The van der Waals surface area contributed by atoms with Gasteiger partial charge in [0.1, 0.15) is 0 Å². The smallest absolute Gasteiger partial charge is 0.0649 e. The lowest BCUT2D eigenvalue weighted by Crippen LogP contribution is -1.92. The lowest BCUT2D eigenvalue weighted by atomic mass is 10.6. The first-order valence-corrected chi connectivity index (χ1v) is 2.55. The van der Waals surface area contributed by atoms with E-state index in [-0.39, 0.29) is 0 Å². The predicted molar refractivity (Wildman–Crippen MR) is 27.6 cm³/mol. The van der Waals surface area contributed by atoms with Gasteiger partial charge in [-0.3, -0.25) is 0 Å². The fraction of sp³-hybridized carbons (Fsp3) is 0.333. The van der Waals surface area contributed by atoms with Crippen molar-refractivity contribution in [3.63, 3.8) is 0 Å². The van der Waals surface area contributed by atoms with Crippen molar-refractivity contribution in [1.29, 1.82) is 0 Å². The molecule has 0 saturated carbocycles. The molecule has 0 aliphatic carbocycles. The summed E-state index contributed by atoms with van der Waals surface area (Å²) in [4.78, 5) is 0. The highest BCUT2D eigenvalue weighted by molar-refractivity contribution is 7.95. The molecule has 0 bridgehead atoms. The van der Waals surface area contributed by atoms with Crippen molar-refractivity contribution < 1.29 is 0 Å². The Bertz CT molecular complexity index is 78.9. The zero-order valence-corrected chi connectivity index (χ0v) is 4.30. The van der Waals surface area contributed by atoms with E-state index in [2.05, 4.69) is 9.44 Å². The van der Waals surface area contributed by atoms with E-state index in [1.807, 2.05) is 13.1 Å². The van der Waals surface area contributed by atoms with E-state index in [0.717, 1.165) is 0 Å². The highest BCUT2D eigenvalue weighted by Gasteiger charge is 1.91. The van der Waals surface area contributed by atoms with Crippen LogP contribution >= 0.6 is 12.1 Å². The fourth-order valence-corrected chi connectivity index (χ4v) is 0.772. The maximum absolute atomic E-state index is 2.99. The number of hydrogen-bond donors (Lipinski definition) is 2. The summed E-state index contributed by atoms with van der Waals surface area (Å²) in [6.45, 7) is 2.01. The largest absolute Gasteiger partial charge is 0.317 e. The van der Waals surface area contributed by atoms with E-state index in [1.165, 1.54) is 17.8 Å². The first kappa shape index (κ1) is 3.87. The summed E-state index contributed by atoms with van der Waals surface area (Å²) in [6, 6.07) is 0. The summed E-state index contributed by atoms with van der Waals surface area (Å²) in [5, 5.41) is 0. The minimum absolute atomic E-state index is 1.18. The molecule has 3 heteroatoms. The van der Waals surface area contributed by atoms with Crippen LogP contribution in [-0.2, 0) is 0 Å². The topological polar surface area (TPSA) is 24.1 Å². The minimum Gasteiger partial charge on any atom is -0.317 e. The summed E-state index contributed by atoms with van der Waals surface area (Å²) in [6.07, 6.45) is 1.92. The third-order valence-electron chi connectivity index (χ3n) is 0.546. The lowest BCUT2D eigenvalue weighted by molar-refractivity contribution is 1.22. The first-order valence-electron chi connectivity index (χ1n) is 1.74. The molecule has 34 valence electrons. The van der Waals surface area contributed by atoms with Crippen molar-refractivity contribution in [1.82, 2.24) is 9.44 Å². The van der Waals surface area contributed by atoms with E-state index in [4.69, 9.17) is 0 Å². The molecule has 0 spiro atoms. The molecule has 0 aromatic heterocycles. The van der Waals surface area contributed by atoms with Gasteiger partial charge in [-0.2, -0.15) is 0 Å². The lowest BCUT2D eigenvalue weighted by Gasteiger charge is -1.85. The Morgan fingerprint density at radius 2 is 2.67 bits per heavy atom. The maximum atomic E-state index is 2.99. The van der Waals surface area contributed by atoms with Gasteiger partial charge in [-0.1, -0.05) is 0 Å². The third kappa shape index (κ3) is 0.597. The van der Waals surface area contributed by atoms with E-state index in [9.17, 15) is 0 Å². The monoisotopic (exact) mass is 102 g/mol. The van der Waals surface area contributed by atoms with Crippen LogP contribution in [0.15, 0.2) is 11.9 Å². The van der Waals surface area contributed by atoms with Crippen molar-refractivity contribution >= 4 is 12.1 Å². The Labute approximate surface area is 41.3 Å². The average molecular weight is 102 g/mol. The highest BCUT2D eigenvalue weighted by atomic mass is 32.2. The second-order valence-corrected chi connectivity index (χ2v) is 1.79. The van der Waals surface area contributed by atoms with Crippen molar-refractivity contribution in [2.45, 2.75) is 6.92 Å². The number of nitrogens with one attached hydrogen (secondary N) is 2. The Morgan fingerprint density at radius 1 is 1.83 bits per heavy atom. The van der Waals surface area contributed by atoms with Gasteiger partial charge in [-0.05, 0) is 6.92 Å². The second kappa shape index (κ2) is 1.43. The third-order valence-corrected chi connectivity index (χ3v) is 1.21. The van der Waals surface area contributed by atoms with Crippen LogP contribution in [0.3, 0.4) is 0 Å². The predicted octanol–water partition coefficient (Wildman–Crippen LogP) is 0.604. The zero-order valence-electron chi connectivity index (χ0n) is 3.49. The van der Waals surface area contributed by atoms with Crippen molar-refractivity contribution in [2.24, 2.45) is 0 Å². The standard InChI is InChI=1S/C3H6N2S/c1-3-2-4-6-5-3/h2,4-5H,1H3. The number of allylic oxidation sites excluding steroid dienone is 1. The minimum atomic E-state index is 1.18. The summed E-state index contributed by atoms with van der Waals surface area (Å²) >= 11 is 1.49. The molecule has 0 aromatic rings. The molecule has 0 atom stereocenters. The number of rotatable bonds is 0. The van der Waals surface area contributed by atoms with Crippen LogP contribution in [0.5, 0.6) is 0 Å². The van der Waals surface area contributed by atoms with Crippen LogP contribution in [0.1, 0.15) is 6.92 Å². The van der Waals surface area contributed by atoms with Crippen LogP contribution < -0.4 is 9.44 Å². The van der Waals surface area contributed by atoms with Crippen LogP contribution in [0.2, 0.25) is 0 Å². The molecule has 2 nitrogen and oxygen atoms in total. The molecule has 0 unspecified atom stereocenters. The maximum Gasteiger partial charge on any atom is 0.0649 e. The Balaban J connectivity index is 2.45.